The highest BCUT2D eigenvalue weighted by molar-refractivity contribution is 6.08. The van der Waals surface area contributed by atoms with Crippen LogP contribution in [0, 0.1) is 10.1 Å². The first-order chi connectivity index (χ1) is 14.7. The molecule has 0 fully saturated rings. The largest absolute Gasteiger partial charge is 0.349 e. The fourth-order valence-corrected chi connectivity index (χ4v) is 2.67. The summed E-state index contributed by atoms with van der Waals surface area (Å²) in [6, 6.07) is 12.7. The van der Waals surface area contributed by atoms with Crippen molar-refractivity contribution in [2.75, 3.05) is 19.4 Å². The van der Waals surface area contributed by atoms with Gasteiger partial charge in [-0.3, -0.25) is 24.5 Å². The van der Waals surface area contributed by atoms with E-state index in [-0.39, 0.29) is 17.3 Å². The van der Waals surface area contributed by atoms with Gasteiger partial charge < -0.3 is 15.5 Å². The van der Waals surface area contributed by atoms with Gasteiger partial charge in [0.25, 0.3) is 11.6 Å². The molecule has 9 heteroatoms. The van der Waals surface area contributed by atoms with Crippen LogP contribution in [-0.4, -0.2) is 41.6 Å². The highest BCUT2D eigenvalue weighted by Crippen LogP contribution is 2.17. The van der Waals surface area contributed by atoms with Crippen LogP contribution in [0.5, 0.6) is 0 Å². The quantitative estimate of drug-likeness (QED) is 0.383. The number of aryl methyl sites for hydroxylation is 1. The van der Waals surface area contributed by atoms with Crippen molar-refractivity contribution in [3.05, 3.63) is 75.5 Å². The summed E-state index contributed by atoms with van der Waals surface area (Å²) < 4.78 is 0. The van der Waals surface area contributed by atoms with Gasteiger partial charge in [0.05, 0.1) is 4.92 Å². The molecule has 0 spiro atoms. The Morgan fingerprint density at radius 2 is 1.77 bits per heavy atom. The van der Waals surface area contributed by atoms with E-state index < -0.39 is 16.7 Å². The number of hydrogen-bond donors (Lipinski definition) is 2. The van der Waals surface area contributed by atoms with Gasteiger partial charge in [0, 0.05) is 45.3 Å². The van der Waals surface area contributed by atoms with Gasteiger partial charge in [-0.25, -0.2) is 0 Å². The molecule has 0 saturated carbocycles. The number of rotatable bonds is 8. The molecule has 162 valence electrons. The molecule has 0 saturated heterocycles. The fraction of sp³-hybridized carbons (Fsp3) is 0.227. The first-order valence-electron chi connectivity index (χ1n) is 9.50. The summed E-state index contributed by atoms with van der Waals surface area (Å²) in [6.45, 7) is 1.26. The van der Waals surface area contributed by atoms with Crippen molar-refractivity contribution >= 4 is 35.2 Å². The van der Waals surface area contributed by atoms with Crippen LogP contribution in [0.3, 0.4) is 0 Å². The van der Waals surface area contributed by atoms with Gasteiger partial charge in [-0.15, -0.1) is 0 Å². The molecule has 31 heavy (non-hydrogen) atoms. The van der Waals surface area contributed by atoms with Gasteiger partial charge in [0.1, 0.15) is 5.70 Å². The zero-order valence-electron chi connectivity index (χ0n) is 17.5. The van der Waals surface area contributed by atoms with E-state index in [1.165, 1.54) is 36.1 Å². The summed E-state index contributed by atoms with van der Waals surface area (Å²) in [5.41, 5.74) is 1.67. The number of anilines is 1. The minimum Gasteiger partial charge on any atom is -0.349 e. The highest BCUT2D eigenvalue weighted by Gasteiger charge is 2.13. The van der Waals surface area contributed by atoms with Gasteiger partial charge in [-0.1, -0.05) is 24.3 Å². The molecule has 2 N–H and O–H groups in total. The number of amides is 3. The number of carbonyl (C=O) groups is 3. The van der Waals surface area contributed by atoms with Crippen LogP contribution in [0.2, 0.25) is 0 Å². The Hall–Kier alpha value is -4.01. The molecular weight excluding hydrogens is 400 g/mol. The molecule has 0 aliphatic rings. The lowest BCUT2D eigenvalue weighted by Crippen LogP contribution is -2.28. The predicted octanol–water partition coefficient (Wildman–Crippen LogP) is 2.73. The Labute approximate surface area is 179 Å². The number of hydrogen-bond acceptors (Lipinski definition) is 5. The molecule has 9 nitrogen and oxygen atoms in total. The van der Waals surface area contributed by atoms with Gasteiger partial charge in [0.15, 0.2) is 0 Å². The van der Waals surface area contributed by atoms with Crippen LogP contribution >= 0.6 is 0 Å². The van der Waals surface area contributed by atoms with Crippen molar-refractivity contribution < 1.29 is 19.3 Å². The second-order valence-electron chi connectivity index (χ2n) is 7.03. The SMILES string of the molecule is CC(=O)N/C(=C\c1cccc([N+](=O)[O-])c1)C(=O)Nc1ccc(CCC(=O)N(C)C)cc1. The third-order valence-corrected chi connectivity index (χ3v) is 4.29. The van der Waals surface area contributed by atoms with Crippen LogP contribution in [0.4, 0.5) is 11.4 Å². The number of nitro groups is 1. The average Bonchev–Trinajstić information content (AvgIpc) is 2.72. The van der Waals surface area contributed by atoms with Crippen molar-refractivity contribution in [2.45, 2.75) is 19.8 Å². The molecule has 2 rings (SSSR count). The summed E-state index contributed by atoms with van der Waals surface area (Å²) >= 11 is 0. The Morgan fingerprint density at radius 3 is 2.35 bits per heavy atom. The number of benzene rings is 2. The van der Waals surface area contributed by atoms with Crippen LogP contribution in [-0.2, 0) is 20.8 Å². The fourth-order valence-electron chi connectivity index (χ4n) is 2.67. The van der Waals surface area contributed by atoms with Crippen molar-refractivity contribution in [1.29, 1.82) is 0 Å². The predicted molar refractivity (Wildman–Crippen MR) is 117 cm³/mol. The van der Waals surface area contributed by atoms with Gasteiger partial charge in [-0.05, 0) is 35.8 Å². The molecule has 0 aromatic heterocycles. The minimum absolute atomic E-state index is 0.0311. The van der Waals surface area contributed by atoms with Crippen molar-refractivity contribution in [2.24, 2.45) is 0 Å². The maximum Gasteiger partial charge on any atom is 0.272 e. The van der Waals surface area contributed by atoms with E-state index in [1.807, 2.05) is 0 Å². The van der Waals surface area contributed by atoms with Crippen LogP contribution in [0.1, 0.15) is 24.5 Å². The Morgan fingerprint density at radius 1 is 1.10 bits per heavy atom. The first-order valence-corrected chi connectivity index (χ1v) is 9.50. The molecular formula is C22H24N4O5. The van der Waals surface area contributed by atoms with Crippen LogP contribution in [0.25, 0.3) is 6.08 Å². The normalized spacial score (nSPS) is 10.9. The molecule has 2 aromatic rings. The minimum atomic E-state index is -0.572. The van der Waals surface area contributed by atoms with E-state index in [0.717, 1.165) is 5.56 Å². The standard InChI is InChI=1S/C22H24N4O5/c1-15(27)23-20(14-17-5-4-6-19(13-17)26(30)31)22(29)24-18-10-7-16(8-11-18)9-12-21(28)25(2)3/h4-8,10-11,13-14H,9,12H2,1-3H3,(H,23,27)(H,24,29)/b20-14-. The number of carbonyl (C=O) groups excluding carboxylic acids is 3. The summed E-state index contributed by atoms with van der Waals surface area (Å²) in [5.74, 6) is -0.992. The molecule has 0 bridgehead atoms. The summed E-state index contributed by atoms with van der Waals surface area (Å²) in [5, 5.41) is 16.1. The number of nitrogens with one attached hydrogen (secondary N) is 2. The Balaban J connectivity index is 2.13. The highest BCUT2D eigenvalue weighted by atomic mass is 16.6. The van der Waals surface area contributed by atoms with E-state index in [9.17, 15) is 24.5 Å². The molecule has 3 amide bonds. The summed E-state index contributed by atoms with van der Waals surface area (Å²) in [7, 11) is 3.41. The smallest absolute Gasteiger partial charge is 0.272 e. The second-order valence-corrected chi connectivity index (χ2v) is 7.03. The van der Waals surface area contributed by atoms with E-state index in [2.05, 4.69) is 10.6 Å². The lowest BCUT2D eigenvalue weighted by atomic mass is 10.1. The molecule has 0 heterocycles. The summed E-state index contributed by atoms with van der Waals surface area (Å²) in [6.07, 6.45) is 2.33. The van der Waals surface area contributed by atoms with Gasteiger partial charge >= 0.3 is 0 Å². The molecule has 0 atom stereocenters. The van der Waals surface area contributed by atoms with Crippen molar-refractivity contribution in [3.63, 3.8) is 0 Å². The lowest BCUT2D eigenvalue weighted by Gasteiger charge is -2.11. The maximum absolute atomic E-state index is 12.7. The molecule has 0 radical (unpaired) electrons. The Kier molecular flexibility index (Phi) is 8.01. The lowest BCUT2D eigenvalue weighted by molar-refractivity contribution is -0.384. The van der Waals surface area contributed by atoms with Gasteiger partial charge in [-0.2, -0.15) is 0 Å². The third-order valence-electron chi connectivity index (χ3n) is 4.29. The topological polar surface area (TPSA) is 122 Å². The van der Waals surface area contributed by atoms with Crippen LogP contribution in [0.15, 0.2) is 54.2 Å². The second kappa shape index (κ2) is 10.7. The molecule has 0 unspecified atom stereocenters. The molecule has 2 aromatic carbocycles. The molecule has 0 aliphatic carbocycles. The molecule has 0 aliphatic heterocycles. The zero-order valence-corrected chi connectivity index (χ0v) is 17.5. The first kappa shape index (κ1) is 23.3. The van der Waals surface area contributed by atoms with Crippen molar-refractivity contribution in [3.8, 4) is 0 Å². The average molecular weight is 424 g/mol. The monoisotopic (exact) mass is 424 g/mol. The number of nitrogens with zero attached hydrogens (tertiary/aromatic N) is 2. The zero-order chi connectivity index (χ0) is 23.0. The van der Waals surface area contributed by atoms with E-state index in [4.69, 9.17) is 0 Å². The number of nitro benzene ring substituents is 1. The van der Waals surface area contributed by atoms with E-state index in [0.29, 0.717) is 24.1 Å². The number of non-ortho nitro benzene ring substituents is 1. The van der Waals surface area contributed by atoms with E-state index >= 15 is 0 Å². The van der Waals surface area contributed by atoms with E-state index in [1.54, 1.807) is 44.4 Å². The summed E-state index contributed by atoms with van der Waals surface area (Å²) in [4.78, 5) is 47.8. The third kappa shape index (κ3) is 7.39. The van der Waals surface area contributed by atoms with Crippen molar-refractivity contribution in [1.82, 2.24) is 10.2 Å². The van der Waals surface area contributed by atoms with Gasteiger partial charge in [0.2, 0.25) is 11.8 Å². The maximum atomic E-state index is 12.7. The van der Waals surface area contributed by atoms with Crippen LogP contribution < -0.4 is 10.6 Å². The Bertz CT molecular complexity index is 1010.